The Labute approximate surface area is 119 Å². The Morgan fingerprint density at radius 2 is 2.00 bits per heavy atom. The number of nitrogens with two attached hydrogens (primary N) is 1. The van der Waals surface area contributed by atoms with Gasteiger partial charge in [0.05, 0.1) is 12.6 Å². The number of hydrogen-bond acceptors (Lipinski definition) is 4. The summed E-state index contributed by atoms with van der Waals surface area (Å²) in [5, 5.41) is 5.82. The van der Waals surface area contributed by atoms with Crippen molar-refractivity contribution in [3.63, 3.8) is 0 Å². The fourth-order valence-corrected chi connectivity index (χ4v) is 2.70. The van der Waals surface area contributed by atoms with Gasteiger partial charge >= 0.3 is 6.03 Å². The summed E-state index contributed by atoms with van der Waals surface area (Å²) in [6, 6.07) is 0.0393. The van der Waals surface area contributed by atoms with Crippen LogP contribution in [0.3, 0.4) is 0 Å². The van der Waals surface area contributed by atoms with E-state index >= 15 is 0 Å². The molecule has 7 nitrogen and oxygen atoms in total. The van der Waals surface area contributed by atoms with Crippen LogP contribution in [0.25, 0.3) is 0 Å². The number of ether oxygens (including phenoxy) is 1. The van der Waals surface area contributed by atoms with E-state index in [0.717, 1.165) is 45.4 Å². The molecule has 0 aliphatic carbocycles. The van der Waals surface area contributed by atoms with Crippen molar-refractivity contribution in [2.75, 3.05) is 32.8 Å². The van der Waals surface area contributed by atoms with E-state index in [1.165, 1.54) is 0 Å². The van der Waals surface area contributed by atoms with Crippen LogP contribution in [0.2, 0.25) is 0 Å². The van der Waals surface area contributed by atoms with Crippen molar-refractivity contribution >= 4 is 11.9 Å². The van der Waals surface area contributed by atoms with Crippen LogP contribution in [0.1, 0.15) is 25.7 Å². The summed E-state index contributed by atoms with van der Waals surface area (Å²) in [5.74, 6) is -0.300. The molecular weight excluding hydrogens is 260 g/mol. The highest BCUT2D eigenvalue weighted by atomic mass is 16.5. The number of nitrogens with one attached hydrogen (secondary N) is 2. The van der Waals surface area contributed by atoms with Crippen LogP contribution in [0.5, 0.6) is 0 Å². The van der Waals surface area contributed by atoms with E-state index in [4.69, 9.17) is 10.5 Å². The van der Waals surface area contributed by atoms with Crippen molar-refractivity contribution in [1.29, 1.82) is 0 Å². The van der Waals surface area contributed by atoms with Crippen molar-refractivity contribution in [2.45, 2.75) is 37.8 Å². The van der Waals surface area contributed by atoms with E-state index in [1.54, 1.807) is 0 Å². The Bertz CT molecular complexity index is 337. The average molecular weight is 284 g/mol. The summed E-state index contributed by atoms with van der Waals surface area (Å²) >= 11 is 0. The number of amides is 3. The first-order valence-corrected chi connectivity index (χ1v) is 7.30. The molecule has 0 radical (unpaired) electrons. The number of likely N-dealkylation sites (tertiary alicyclic amines) is 1. The first-order chi connectivity index (χ1) is 9.63. The summed E-state index contributed by atoms with van der Waals surface area (Å²) in [6.45, 7) is 3.26. The van der Waals surface area contributed by atoms with E-state index < -0.39 is 0 Å². The summed E-state index contributed by atoms with van der Waals surface area (Å²) in [4.78, 5) is 24.6. The Morgan fingerprint density at radius 1 is 1.25 bits per heavy atom. The highest BCUT2D eigenvalue weighted by Crippen LogP contribution is 2.11. The zero-order valence-corrected chi connectivity index (χ0v) is 11.8. The molecule has 0 saturated carbocycles. The quantitative estimate of drug-likeness (QED) is 0.629. The molecule has 2 heterocycles. The van der Waals surface area contributed by atoms with Gasteiger partial charge in [-0.05, 0) is 25.7 Å². The Hall–Kier alpha value is -1.34. The molecule has 2 rings (SSSR count). The van der Waals surface area contributed by atoms with Gasteiger partial charge in [0.15, 0.2) is 0 Å². The van der Waals surface area contributed by atoms with Crippen LogP contribution < -0.4 is 16.4 Å². The van der Waals surface area contributed by atoms with Gasteiger partial charge in [0, 0.05) is 32.3 Å². The second-order valence-electron chi connectivity index (χ2n) is 5.51. The predicted molar refractivity (Wildman–Crippen MR) is 74.2 cm³/mol. The second-order valence-corrected chi connectivity index (χ2v) is 5.51. The molecule has 1 atom stereocenters. The van der Waals surface area contributed by atoms with Gasteiger partial charge in [-0.25, -0.2) is 4.79 Å². The van der Waals surface area contributed by atoms with Gasteiger partial charge in [0.2, 0.25) is 5.91 Å². The molecule has 3 amide bonds. The van der Waals surface area contributed by atoms with E-state index in [1.807, 2.05) is 4.90 Å². The number of piperidine rings is 1. The van der Waals surface area contributed by atoms with Gasteiger partial charge in [-0.15, -0.1) is 0 Å². The van der Waals surface area contributed by atoms with E-state index in [2.05, 4.69) is 10.6 Å². The van der Waals surface area contributed by atoms with Gasteiger partial charge in [-0.3, -0.25) is 9.69 Å². The third-order valence-electron chi connectivity index (χ3n) is 3.82. The van der Waals surface area contributed by atoms with Gasteiger partial charge in [-0.2, -0.15) is 0 Å². The summed E-state index contributed by atoms with van der Waals surface area (Å²) in [6.07, 6.45) is 3.96. The predicted octanol–water partition coefficient (Wildman–Crippen LogP) is -0.586. The van der Waals surface area contributed by atoms with Gasteiger partial charge in [-0.1, -0.05) is 0 Å². The van der Waals surface area contributed by atoms with Crippen molar-refractivity contribution in [3.8, 4) is 0 Å². The molecule has 0 bridgehead atoms. The average Bonchev–Trinajstić information content (AvgIpc) is 2.91. The standard InChI is InChI=1S/C13H24N4O3/c14-12(18)9-17-5-3-10(4-6-17)16-13(19)15-8-11-2-1-7-20-11/h10-11H,1-9H2,(H2,14,18)(H2,15,16,19)/t11-/m1/s1. The fraction of sp³-hybridized carbons (Fsp3) is 0.846. The van der Waals surface area contributed by atoms with E-state index in [0.29, 0.717) is 13.1 Å². The molecule has 2 saturated heterocycles. The molecule has 0 aromatic rings. The molecule has 2 aliphatic heterocycles. The number of hydrogen-bond donors (Lipinski definition) is 3. The molecule has 2 fully saturated rings. The molecule has 114 valence electrons. The van der Waals surface area contributed by atoms with Crippen LogP contribution in [0.15, 0.2) is 0 Å². The first kappa shape index (κ1) is 15.1. The maximum atomic E-state index is 11.8. The molecular formula is C13H24N4O3. The summed E-state index contributed by atoms with van der Waals surface area (Å²) in [7, 11) is 0. The molecule has 0 spiro atoms. The number of nitrogens with zero attached hydrogens (tertiary/aromatic N) is 1. The van der Waals surface area contributed by atoms with Gasteiger partial charge in [0.1, 0.15) is 0 Å². The minimum absolute atomic E-state index is 0.131. The highest BCUT2D eigenvalue weighted by molar-refractivity contribution is 5.76. The molecule has 0 aromatic heterocycles. The molecule has 20 heavy (non-hydrogen) atoms. The Balaban J connectivity index is 1.59. The van der Waals surface area contributed by atoms with E-state index in [-0.39, 0.29) is 24.1 Å². The number of carbonyl (C=O) groups is 2. The Kier molecular flexibility index (Phi) is 5.60. The zero-order chi connectivity index (χ0) is 14.4. The van der Waals surface area contributed by atoms with Crippen LogP contribution in [-0.2, 0) is 9.53 Å². The van der Waals surface area contributed by atoms with Crippen molar-refractivity contribution in [1.82, 2.24) is 15.5 Å². The van der Waals surface area contributed by atoms with Crippen LogP contribution in [0, 0.1) is 0 Å². The topological polar surface area (TPSA) is 96.7 Å². The second kappa shape index (κ2) is 7.44. The van der Waals surface area contributed by atoms with Crippen LogP contribution >= 0.6 is 0 Å². The van der Waals surface area contributed by atoms with Crippen molar-refractivity contribution < 1.29 is 14.3 Å². The monoisotopic (exact) mass is 284 g/mol. The van der Waals surface area contributed by atoms with Crippen LogP contribution in [0.4, 0.5) is 4.79 Å². The number of urea groups is 1. The van der Waals surface area contributed by atoms with Crippen LogP contribution in [-0.4, -0.2) is 61.8 Å². The summed E-state index contributed by atoms with van der Waals surface area (Å²) < 4.78 is 5.45. The maximum Gasteiger partial charge on any atom is 0.315 e. The lowest BCUT2D eigenvalue weighted by Crippen LogP contribution is -2.50. The molecule has 0 aromatic carbocycles. The lowest BCUT2D eigenvalue weighted by Gasteiger charge is -2.31. The minimum Gasteiger partial charge on any atom is -0.376 e. The molecule has 0 unspecified atom stereocenters. The van der Waals surface area contributed by atoms with Gasteiger partial charge in [0.25, 0.3) is 0 Å². The van der Waals surface area contributed by atoms with Crippen molar-refractivity contribution in [2.24, 2.45) is 5.73 Å². The largest absolute Gasteiger partial charge is 0.376 e. The molecule has 4 N–H and O–H groups in total. The smallest absolute Gasteiger partial charge is 0.315 e. The number of carbonyl (C=O) groups excluding carboxylic acids is 2. The summed E-state index contributed by atoms with van der Waals surface area (Å²) in [5.41, 5.74) is 5.17. The third-order valence-corrected chi connectivity index (χ3v) is 3.82. The number of rotatable bonds is 5. The van der Waals surface area contributed by atoms with Crippen molar-refractivity contribution in [3.05, 3.63) is 0 Å². The Morgan fingerprint density at radius 3 is 2.60 bits per heavy atom. The third kappa shape index (κ3) is 4.97. The lowest BCUT2D eigenvalue weighted by atomic mass is 10.1. The normalized spacial score (nSPS) is 24.5. The molecule has 7 heteroatoms. The highest BCUT2D eigenvalue weighted by Gasteiger charge is 2.22. The SMILES string of the molecule is NC(=O)CN1CCC(NC(=O)NC[C@H]2CCCO2)CC1. The van der Waals surface area contributed by atoms with Gasteiger partial charge < -0.3 is 21.1 Å². The molecule has 2 aliphatic rings. The number of primary amides is 1. The minimum atomic E-state index is -0.300. The fourth-order valence-electron chi connectivity index (χ4n) is 2.70. The zero-order valence-electron chi connectivity index (χ0n) is 11.8. The van der Waals surface area contributed by atoms with E-state index in [9.17, 15) is 9.59 Å². The first-order valence-electron chi connectivity index (χ1n) is 7.30. The maximum absolute atomic E-state index is 11.8. The lowest BCUT2D eigenvalue weighted by molar-refractivity contribution is -0.119.